The minimum absolute atomic E-state index is 0.257. The Morgan fingerprint density at radius 2 is 1.95 bits per heavy atom. The largest absolute Gasteiger partial charge is 0.351 e. The third-order valence-corrected chi connectivity index (χ3v) is 3.70. The molecule has 0 spiro atoms. The van der Waals surface area contributed by atoms with Crippen molar-refractivity contribution in [3.63, 3.8) is 0 Å². The third-order valence-electron chi connectivity index (χ3n) is 2.84. The van der Waals surface area contributed by atoms with Crippen LogP contribution in [0.2, 0.25) is 0 Å². The predicted octanol–water partition coefficient (Wildman–Crippen LogP) is 2.52. The van der Waals surface area contributed by atoms with Gasteiger partial charge in [-0.05, 0) is 17.0 Å². The molecule has 1 atom stereocenters. The van der Waals surface area contributed by atoms with Crippen LogP contribution in [0.1, 0.15) is 21.3 Å². The van der Waals surface area contributed by atoms with Gasteiger partial charge in [-0.2, -0.15) is 0 Å². The first kappa shape index (κ1) is 15.0. The highest BCUT2D eigenvalue weighted by atomic mass is 32.1. The summed E-state index contributed by atoms with van der Waals surface area (Å²) in [5.41, 5.74) is 0.740. The zero-order chi connectivity index (χ0) is 15.1. The zero-order valence-corrected chi connectivity index (χ0v) is 12.2. The van der Waals surface area contributed by atoms with E-state index in [0.29, 0.717) is 11.4 Å². The van der Waals surface area contributed by atoms with Crippen LogP contribution in [0.15, 0.2) is 60.5 Å². The van der Waals surface area contributed by atoms with Crippen molar-refractivity contribution in [3.8, 4) is 0 Å². The molecule has 21 heavy (non-hydrogen) atoms. The van der Waals surface area contributed by atoms with Crippen molar-refractivity contribution in [3.05, 3.63) is 70.9 Å². The maximum absolute atomic E-state index is 12.2. The quantitative estimate of drug-likeness (QED) is 0.805. The van der Waals surface area contributed by atoms with E-state index in [-0.39, 0.29) is 11.8 Å². The van der Waals surface area contributed by atoms with Gasteiger partial charge < -0.3 is 10.6 Å². The van der Waals surface area contributed by atoms with Gasteiger partial charge in [-0.25, -0.2) is 0 Å². The molecule has 2 aromatic rings. The van der Waals surface area contributed by atoms with E-state index < -0.39 is 6.04 Å². The summed E-state index contributed by atoms with van der Waals surface area (Å²) in [6, 6.07) is 12.0. The van der Waals surface area contributed by atoms with Crippen LogP contribution < -0.4 is 10.6 Å². The smallest absolute Gasteiger partial charge is 0.262 e. The lowest BCUT2D eigenvalue weighted by molar-refractivity contribution is -0.122. The zero-order valence-electron chi connectivity index (χ0n) is 11.4. The summed E-state index contributed by atoms with van der Waals surface area (Å²) < 4.78 is 0. The molecule has 1 heterocycles. The fourth-order valence-electron chi connectivity index (χ4n) is 1.83. The molecule has 1 unspecified atom stereocenters. The molecule has 108 valence electrons. The molecule has 0 bridgehead atoms. The van der Waals surface area contributed by atoms with Crippen molar-refractivity contribution in [2.75, 3.05) is 6.54 Å². The second-order valence-corrected chi connectivity index (χ2v) is 5.28. The molecule has 4 nitrogen and oxygen atoms in total. The van der Waals surface area contributed by atoms with Crippen LogP contribution in [-0.2, 0) is 4.79 Å². The molecule has 0 fully saturated rings. The van der Waals surface area contributed by atoms with Crippen molar-refractivity contribution in [1.29, 1.82) is 0 Å². The molecule has 2 rings (SSSR count). The van der Waals surface area contributed by atoms with Gasteiger partial charge in [0.25, 0.3) is 5.91 Å². The Morgan fingerprint density at radius 1 is 1.19 bits per heavy atom. The van der Waals surface area contributed by atoms with Gasteiger partial charge in [0, 0.05) is 6.54 Å². The Morgan fingerprint density at radius 3 is 2.57 bits per heavy atom. The number of hydrogen-bond donors (Lipinski definition) is 2. The van der Waals surface area contributed by atoms with Crippen molar-refractivity contribution >= 4 is 23.2 Å². The summed E-state index contributed by atoms with van der Waals surface area (Å²) in [7, 11) is 0. The summed E-state index contributed by atoms with van der Waals surface area (Å²) in [4.78, 5) is 25.0. The van der Waals surface area contributed by atoms with Crippen molar-refractivity contribution in [2.24, 2.45) is 0 Å². The minimum Gasteiger partial charge on any atom is -0.351 e. The average Bonchev–Trinajstić information content (AvgIpc) is 3.05. The van der Waals surface area contributed by atoms with Crippen LogP contribution in [0.25, 0.3) is 0 Å². The standard InChI is InChI=1S/C16H16N2O2S/c1-2-10-17-16(20)14(12-7-4-3-5-8-12)18-15(19)13-9-6-11-21-13/h2-9,11,14H,1,10H2,(H,17,20)(H,18,19). The second kappa shape index (κ2) is 7.40. The van der Waals surface area contributed by atoms with E-state index in [1.54, 1.807) is 18.2 Å². The molecular weight excluding hydrogens is 284 g/mol. The Kier molecular flexibility index (Phi) is 5.29. The Labute approximate surface area is 127 Å². The normalized spacial score (nSPS) is 11.4. The van der Waals surface area contributed by atoms with Crippen LogP contribution in [-0.4, -0.2) is 18.4 Å². The molecule has 2 N–H and O–H groups in total. The van der Waals surface area contributed by atoms with Gasteiger partial charge in [-0.15, -0.1) is 17.9 Å². The predicted molar refractivity (Wildman–Crippen MR) is 84.2 cm³/mol. The monoisotopic (exact) mass is 300 g/mol. The van der Waals surface area contributed by atoms with Gasteiger partial charge in [0.2, 0.25) is 5.91 Å². The van der Waals surface area contributed by atoms with Crippen LogP contribution in [0.5, 0.6) is 0 Å². The number of nitrogens with one attached hydrogen (secondary N) is 2. The minimum atomic E-state index is -0.722. The number of hydrogen-bond acceptors (Lipinski definition) is 3. The Hall–Kier alpha value is -2.40. The maximum atomic E-state index is 12.2. The Balaban J connectivity index is 2.17. The molecule has 0 aliphatic carbocycles. The lowest BCUT2D eigenvalue weighted by Gasteiger charge is -2.18. The van der Waals surface area contributed by atoms with Crippen LogP contribution >= 0.6 is 11.3 Å². The SMILES string of the molecule is C=CCNC(=O)C(NC(=O)c1cccs1)c1ccccc1. The summed E-state index contributed by atoms with van der Waals surface area (Å²) in [6.07, 6.45) is 1.60. The molecule has 0 saturated heterocycles. The number of carbonyl (C=O) groups excluding carboxylic acids is 2. The highest BCUT2D eigenvalue weighted by molar-refractivity contribution is 7.12. The fourth-order valence-corrected chi connectivity index (χ4v) is 2.46. The average molecular weight is 300 g/mol. The third kappa shape index (κ3) is 4.03. The molecular formula is C16H16N2O2S. The van der Waals surface area contributed by atoms with E-state index in [0.717, 1.165) is 5.56 Å². The van der Waals surface area contributed by atoms with Crippen molar-refractivity contribution in [2.45, 2.75) is 6.04 Å². The topological polar surface area (TPSA) is 58.2 Å². The first-order valence-corrected chi connectivity index (χ1v) is 7.38. The van der Waals surface area contributed by atoms with Crippen LogP contribution in [0.4, 0.5) is 0 Å². The second-order valence-electron chi connectivity index (χ2n) is 4.33. The molecule has 2 amide bonds. The van der Waals surface area contributed by atoms with Crippen molar-refractivity contribution in [1.82, 2.24) is 10.6 Å². The van der Waals surface area contributed by atoms with Crippen LogP contribution in [0.3, 0.4) is 0 Å². The number of benzene rings is 1. The molecule has 0 aliphatic rings. The number of carbonyl (C=O) groups is 2. The summed E-state index contributed by atoms with van der Waals surface area (Å²) in [5, 5.41) is 7.31. The van der Waals surface area contributed by atoms with E-state index in [2.05, 4.69) is 17.2 Å². The van der Waals surface area contributed by atoms with Gasteiger partial charge in [0.05, 0.1) is 4.88 Å². The maximum Gasteiger partial charge on any atom is 0.262 e. The Bertz CT molecular complexity index is 608. The first-order valence-electron chi connectivity index (χ1n) is 6.50. The lowest BCUT2D eigenvalue weighted by Crippen LogP contribution is -2.40. The van der Waals surface area contributed by atoms with Gasteiger partial charge in [-0.1, -0.05) is 42.5 Å². The first-order chi connectivity index (χ1) is 10.2. The summed E-state index contributed by atoms with van der Waals surface area (Å²) in [6.45, 7) is 3.92. The molecule has 1 aromatic carbocycles. The van der Waals surface area contributed by atoms with E-state index >= 15 is 0 Å². The number of rotatable bonds is 6. The lowest BCUT2D eigenvalue weighted by atomic mass is 10.1. The fraction of sp³-hybridized carbons (Fsp3) is 0.125. The van der Waals surface area contributed by atoms with E-state index in [4.69, 9.17) is 0 Å². The summed E-state index contributed by atoms with van der Waals surface area (Å²) in [5.74, 6) is -0.515. The highest BCUT2D eigenvalue weighted by Gasteiger charge is 2.22. The van der Waals surface area contributed by atoms with E-state index in [9.17, 15) is 9.59 Å². The van der Waals surface area contributed by atoms with E-state index in [1.165, 1.54) is 11.3 Å². The van der Waals surface area contributed by atoms with Gasteiger partial charge in [-0.3, -0.25) is 9.59 Å². The number of amides is 2. The van der Waals surface area contributed by atoms with Crippen LogP contribution in [0, 0.1) is 0 Å². The van der Waals surface area contributed by atoms with E-state index in [1.807, 2.05) is 35.7 Å². The van der Waals surface area contributed by atoms with Gasteiger partial charge >= 0.3 is 0 Å². The van der Waals surface area contributed by atoms with Gasteiger partial charge in [0.1, 0.15) is 6.04 Å². The molecule has 1 aromatic heterocycles. The highest BCUT2D eigenvalue weighted by Crippen LogP contribution is 2.15. The molecule has 0 aliphatic heterocycles. The molecule has 0 radical (unpaired) electrons. The van der Waals surface area contributed by atoms with Crippen molar-refractivity contribution < 1.29 is 9.59 Å². The molecule has 0 saturated carbocycles. The summed E-state index contributed by atoms with van der Waals surface area (Å²) >= 11 is 1.34. The number of thiophene rings is 1. The molecule has 5 heteroatoms. The van der Waals surface area contributed by atoms with Gasteiger partial charge in [0.15, 0.2) is 0 Å².